The van der Waals surface area contributed by atoms with Gasteiger partial charge in [-0.2, -0.15) is 0 Å². The summed E-state index contributed by atoms with van der Waals surface area (Å²) in [6.07, 6.45) is 1.07. The number of nitro groups is 1. The van der Waals surface area contributed by atoms with Crippen molar-refractivity contribution in [3.8, 4) is 0 Å². The van der Waals surface area contributed by atoms with Gasteiger partial charge < -0.3 is 14.8 Å². The predicted molar refractivity (Wildman–Crippen MR) is 134 cm³/mol. The maximum absolute atomic E-state index is 13.8. The molecule has 0 saturated carbocycles. The number of benzene rings is 3. The number of piperazine rings is 1. The Kier molecular flexibility index (Phi) is 5.29. The summed E-state index contributed by atoms with van der Waals surface area (Å²) >= 11 is 0. The Bertz CT molecular complexity index is 1500. The topological polar surface area (TPSA) is 99.5 Å². The molecule has 0 unspecified atom stereocenters. The molecule has 1 aromatic heterocycles. The van der Waals surface area contributed by atoms with Crippen molar-refractivity contribution in [1.29, 1.82) is 0 Å². The molecule has 3 aromatic carbocycles. The third kappa shape index (κ3) is 3.62. The van der Waals surface area contributed by atoms with E-state index in [-0.39, 0.29) is 24.0 Å². The fourth-order valence-electron chi connectivity index (χ4n) is 5.58. The maximum atomic E-state index is 13.8. The van der Waals surface area contributed by atoms with E-state index in [0.29, 0.717) is 24.9 Å². The fourth-order valence-corrected chi connectivity index (χ4v) is 5.58. The number of nitro benzene ring substituents is 1. The highest BCUT2D eigenvalue weighted by Crippen LogP contribution is 2.43. The van der Waals surface area contributed by atoms with E-state index in [1.807, 2.05) is 54.6 Å². The van der Waals surface area contributed by atoms with Gasteiger partial charge in [0.1, 0.15) is 6.04 Å². The number of aromatic amines is 1. The highest BCUT2D eigenvalue weighted by Gasteiger charge is 2.48. The van der Waals surface area contributed by atoms with Crippen LogP contribution >= 0.6 is 0 Å². The van der Waals surface area contributed by atoms with E-state index in [1.165, 1.54) is 12.1 Å². The predicted octanol–water partition coefficient (Wildman–Crippen LogP) is 4.00. The molecule has 8 heteroatoms. The molecule has 1 fully saturated rings. The second kappa shape index (κ2) is 8.64. The zero-order chi connectivity index (χ0) is 24.8. The molecule has 2 aliphatic heterocycles. The number of fused-ring (bicyclic) bond motifs is 4. The number of nitrogens with one attached hydrogen (secondary N) is 1. The van der Waals surface area contributed by atoms with Crippen molar-refractivity contribution >= 4 is 28.4 Å². The smallest absolute Gasteiger partial charge is 0.269 e. The van der Waals surface area contributed by atoms with Gasteiger partial charge in [0.05, 0.1) is 17.5 Å². The third-order valence-corrected chi connectivity index (χ3v) is 7.25. The van der Waals surface area contributed by atoms with Gasteiger partial charge in [-0.05, 0) is 29.2 Å². The van der Waals surface area contributed by atoms with E-state index in [4.69, 9.17) is 0 Å². The summed E-state index contributed by atoms with van der Waals surface area (Å²) in [4.78, 5) is 45.2. The molecule has 4 aromatic rings. The van der Waals surface area contributed by atoms with E-state index in [1.54, 1.807) is 21.9 Å². The Morgan fingerprint density at radius 2 is 1.75 bits per heavy atom. The van der Waals surface area contributed by atoms with Crippen molar-refractivity contribution in [2.75, 3.05) is 13.1 Å². The number of carbonyl (C=O) groups is 2. The first-order valence-electron chi connectivity index (χ1n) is 12.0. The molecule has 3 heterocycles. The second-order valence-corrected chi connectivity index (χ2v) is 9.33. The monoisotopic (exact) mass is 480 g/mol. The summed E-state index contributed by atoms with van der Waals surface area (Å²) in [7, 11) is 0. The molecular formula is C28H24N4O4. The minimum atomic E-state index is -0.669. The maximum Gasteiger partial charge on any atom is 0.269 e. The van der Waals surface area contributed by atoms with Gasteiger partial charge in [0.2, 0.25) is 11.8 Å². The molecule has 2 atom stereocenters. The van der Waals surface area contributed by atoms with Crippen LogP contribution in [-0.4, -0.2) is 50.7 Å². The number of rotatable bonds is 5. The first kappa shape index (κ1) is 22.0. The molecule has 8 nitrogen and oxygen atoms in total. The Hall–Kier alpha value is -4.46. The summed E-state index contributed by atoms with van der Waals surface area (Å²) in [6, 6.07) is 22.8. The lowest BCUT2D eigenvalue weighted by atomic mass is 9.86. The SMILES string of the molecule is O=C1[C@@H]2Cc3c([nH]c4ccccc34)[C@@H](c3cccc([N+](=O)[O-])c3)N2C(=O)CN1CCc1ccccc1. The van der Waals surface area contributed by atoms with Crippen LogP contribution in [0, 0.1) is 10.1 Å². The number of H-pyrrole nitrogens is 1. The minimum absolute atomic E-state index is 0.0108. The fraction of sp³-hybridized carbons (Fsp3) is 0.214. The van der Waals surface area contributed by atoms with Crippen molar-refractivity contribution in [3.63, 3.8) is 0 Å². The zero-order valence-electron chi connectivity index (χ0n) is 19.5. The Labute approximate surface area is 207 Å². The van der Waals surface area contributed by atoms with Crippen LogP contribution in [0.2, 0.25) is 0 Å². The Morgan fingerprint density at radius 1 is 0.972 bits per heavy atom. The van der Waals surface area contributed by atoms with Crippen LogP contribution in [0.4, 0.5) is 5.69 Å². The average molecular weight is 481 g/mol. The first-order chi connectivity index (χ1) is 17.5. The molecule has 0 aliphatic carbocycles. The highest BCUT2D eigenvalue weighted by atomic mass is 16.6. The van der Waals surface area contributed by atoms with Gasteiger partial charge in [-0.1, -0.05) is 60.7 Å². The molecule has 0 bridgehead atoms. The number of nitrogens with zero attached hydrogens (tertiary/aromatic N) is 3. The normalized spacial score (nSPS) is 19.3. The van der Waals surface area contributed by atoms with Crippen molar-refractivity contribution in [2.45, 2.75) is 24.9 Å². The minimum Gasteiger partial charge on any atom is -0.356 e. The summed E-state index contributed by atoms with van der Waals surface area (Å²) in [6.45, 7) is 0.449. The van der Waals surface area contributed by atoms with Crippen LogP contribution in [0.3, 0.4) is 0 Å². The summed E-state index contributed by atoms with van der Waals surface area (Å²) in [5.74, 6) is -0.245. The van der Waals surface area contributed by atoms with E-state index in [9.17, 15) is 19.7 Å². The number of hydrogen-bond donors (Lipinski definition) is 1. The van der Waals surface area contributed by atoms with E-state index >= 15 is 0 Å². The lowest BCUT2D eigenvalue weighted by Crippen LogP contribution is -2.63. The molecule has 36 heavy (non-hydrogen) atoms. The van der Waals surface area contributed by atoms with Crippen LogP contribution in [0.5, 0.6) is 0 Å². The average Bonchev–Trinajstić information content (AvgIpc) is 3.28. The van der Waals surface area contributed by atoms with Crippen LogP contribution in [0.1, 0.15) is 28.4 Å². The molecule has 2 amide bonds. The quantitative estimate of drug-likeness (QED) is 0.345. The van der Waals surface area contributed by atoms with Crippen molar-refractivity contribution in [3.05, 3.63) is 111 Å². The van der Waals surface area contributed by atoms with Crippen LogP contribution in [-0.2, 0) is 22.4 Å². The highest BCUT2D eigenvalue weighted by molar-refractivity contribution is 5.97. The van der Waals surface area contributed by atoms with Gasteiger partial charge in [0, 0.05) is 41.7 Å². The Morgan fingerprint density at radius 3 is 2.56 bits per heavy atom. The van der Waals surface area contributed by atoms with Crippen LogP contribution in [0.25, 0.3) is 10.9 Å². The molecule has 1 N–H and O–H groups in total. The lowest BCUT2D eigenvalue weighted by molar-refractivity contribution is -0.384. The van der Waals surface area contributed by atoms with Gasteiger partial charge in [-0.3, -0.25) is 19.7 Å². The number of aromatic nitrogens is 1. The first-order valence-corrected chi connectivity index (χ1v) is 12.0. The second-order valence-electron chi connectivity index (χ2n) is 9.33. The van der Waals surface area contributed by atoms with E-state index in [0.717, 1.165) is 27.7 Å². The zero-order valence-corrected chi connectivity index (χ0v) is 19.5. The molecule has 180 valence electrons. The summed E-state index contributed by atoms with van der Waals surface area (Å²) < 4.78 is 0. The van der Waals surface area contributed by atoms with Crippen molar-refractivity contribution in [1.82, 2.24) is 14.8 Å². The van der Waals surface area contributed by atoms with Gasteiger partial charge >= 0.3 is 0 Å². The molecule has 1 saturated heterocycles. The van der Waals surface area contributed by atoms with Crippen LogP contribution in [0.15, 0.2) is 78.9 Å². The Balaban J connectivity index is 1.42. The van der Waals surface area contributed by atoms with Crippen molar-refractivity contribution < 1.29 is 14.5 Å². The third-order valence-electron chi connectivity index (χ3n) is 7.25. The van der Waals surface area contributed by atoms with Crippen LogP contribution < -0.4 is 0 Å². The molecule has 2 aliphatic rings. The molecule has 0 spiro atoms. The number of carbonyl (C=O) groups excluding carboxylic acids is 2. The summed E-state index contributed by atoms with van der Waals surface area (Å²) in [5, 5.41) is 12.5. The number of hydrogen-bond acceptors (Lipinski definition) is 4. The molecule has 0 radical (unpaired) electrons. The number of para-hydroxylation sites is 1. The van der Waals surface area contributed by atoms with Gasteiger partial charge in [-0.15, -0.1) is 0 Å². The number of non-ortho nitro benzene ring substituents is 1. The van der Waals surface area contributed by atoms with Gasteiger partial charge in [0.25, 0.3) is 5.69 Å². The van der Waals surface area contributed by atoms with Gasteiger partial charge in [0.15, 0.2) is 0 Å². The van der Waals surface area contributed by atoms with E-state index in [2.05, 4.69) is 4.98 Å². The lowest BCUT2D eigenvalue weighted by Gasteiger charge is -2.47. The van der Waals surface area contributed by atoms with Gasteiger partial charge in [-0.25, -0.2) is 0 Å². The van der Waals surface area contributed by atoms with E-state index < -0.39 is 17.0 Å². The number of amides is 2. The standard InChI is InChI=1S/C28H24N4O4/c33-25-17-30(14-13-18-7-2-1-3-8-18)28(34)24-16-22-21-11-4-5-12-23(21)29-26(22)27(31(24)25)19-9-6-10-20(15-19)32(35)36/h1-12,15,24,27,29H,13-14,16-17H2/t24-,27+/m0/s1. The van der Waals surface area contributed by atoms with Crippen molar-refractivity contribution in [2.24, 2.45) is 0 Å². The summed E-state index contributed by atoms with van der Waals surface area (Å²) in [5.41, 5.74) is 4.38. The largest absolute Gasteiger partial charge is 0.356 e. The molecule has 6 rings (SSSR count). The molecular weight excluding hydrogens is 456 g/mol.